The van der Waals surface area contributed by atoms with Crippen LogP contribution in [0.25, 0.3) is 0 Å². The molecule has 0 N–H and O–H groups in total. The molecule has 1 aliphatic carbocycles. The summed E-state index contributed by atoms with van der Waals surface area (Å²) in [6, 6.07) is 13.1. The molecular weight excluding hydrogens is 478 g/mol. The average Bonchev–Trinajstić information content (AvgIpc) is 2.87. The first-order chi connectivity index (χ1) is 17.3. The monoisotopic (exact) mass is 509 g/mol. The van der Waals surface area contributed by atoms with Crippen molar-refractivity contribution >= 4 is 29.1 Å². The van der Waals surface area contributed by atoms with Gasteiger partial charge in [-0.2, -0.15) is 0 Å². The highest BCUT2D eigenvalue weighted by Gasteiger charge is 2.46. The number of hydrogen-bond acceptors (Lipinski definition) is 6. The zero-order valence-electron chi connectivity index (χ0n) is 21.3. The number of carbonyl (C=O) groups excluding carboxylic acids is 2. The van der Waals surface area contributed by atoms with Gasteiger partial charge in [-0.1, -0.05) is 42.8 Å². The zero-order chi connectivity index (χ0) is 26.0. The number of esters is 1. The highest BCUT2D eigenvalue weighted by atomic mass is 35.5. The molecule has 1 aliphatic heterocycles. The van der Waals surface area contributed by atoms with Gasteiger partial charge in [-0.05, 0) is 56.4 Å². The second-order valence-corrected chi connectivity index (χ2v) is 9.82. The molecule has 0 amide bonds. The lowest BCUT2D eigenvalue weighted by atomic mass is 9.69. The van der Waals surface area contributed by atoms with Gasteiger partial charge in [0, 0.05) is 39.9 Å². The SMILES string of the molecule is CC[C@@H](C)OC(=O)C1C(C)=NC2=C(C(=O)C[C@H](c3ccc(Cl)cc3)C2)[C@H]1c1cccc(OC)c1OC. The summed E-state index contributed by atoms with van der Waals surface area (Å²) in [5.41, 5.74) is 3.65. The van der Waals surface area contributed by atoms with Crippen molar-refractivity contribution in [2.24, 2.45) is 10.9 Å². The van der Waals surface area contributed by atoms with E-state index in [1.165, 1.54) is 0 Å². The third kappa shape index (κ3) is 4.92. The van der Waals surface area contributed by atoms with Crippen molar-refractivity contribution in [3.05, 3.63) is 69.9 Å². The van der Waals surface area contributed by atoms with Crippen molar-refractivity contribution in [1.82, 2.24) is 0 Å². The fourth-order valence-electron chi connectivity index (χ4n) is 5.18. The molecule has 2 aromatic carbocycles. The van der Waals surface area contributed by atoms with Crippen molar-refractivity contribution in [2.45, 2.75) is 58.0 Å². The van der Waals surface area contributed by atoms with Crippen LogP contribution in [0.5, 0.6) is 11.5 Å². The van der Waals surface area contributed by atoms with E-state index in [0.717, 1.165) is 5.56 Å². The number of carbonyl (C=O) groups is 2. The average molecular weight is 510 g/mol. The van der Waals surface area contributed by atoms with Crippen LogP contribution in [0.4, 0.5) is 0 Å². The Labute approximate surface area is 217 Å². The Morgan fingerprint density at radius 1 is 1.11 bits per heavy atom. The lowest BCUT2D eigenvalue weighted by molar-refractivity contribution is -0.151. The first-order valence-electron chi connectivity index (χ1n) is 12.3. The summed E-state index contributed by atoms with van der Waals surface area (Å²) in [6.07, 6.45) is 1.36. The number of rotatable bonds is 7. The summed E-state index contributed by atoms with van der Waals surface area (Å²) in [4.78, 5) is 32.1. The highest BCUT2D eigenvalue weighted by molar-refractivity contribution is 6.30. The third-order valence-electron chi connectivity index (χ3n) is 7.14. The molecule has 0 spiro atoms. The number of benzene rings is 2. The molecule has 190 valence electrons. The Balaban J connectivity index is 1.85. The van der Waals surface area contributed by atoms with E-state index < -0.39 is 11.8 Å². The number of ketones is 1. The minimum absolute atomic E-state index is 0.0125. The molecule has 4 rings (SSSR count). The number of Topliss-reactive ketones (excluding diaryl/α,β-unsaturated/α-hetero) is 1. The van der Waals surface area contributed by atoms with Gasteiger partial charge in [0.05, 0.1) is 20.3 Å². The molecule has 0 fully saturated rings. The maximum absolute atomic E-state index is 13.8. The lowest BCUT2D eigenvalue weighted by Gasteiger charge is -2.37. The Hall–Kier alpha value is -3.12. The Bertz CT molecular complexity index is 1220. The first kappa shape index (κ1) is 26.0. The molecule has 36 heavy (non-hydrogen) atoms. The summed E-state index contributed by atoms with van der Waals surface area (Å²) in [5, 5.41) is 0.653. The maximum Gasteiger partial charge on any atom is 0.315 e. The van der Waals surface area contributed by atoms with Crippen molar-refractivity contribution in [1.29, 1.82) is 0 Å². The van der Waals surface area contributed by atoms with Gasteiger partial charge in [-0.3, -0.25) is 14.6 Å². The summed E-state index contributed by atoms with van der Waals surface area (Å²) in [6.45, 7) is 5.66. The molecule has 1 unspecified atom stereocenters. The van der Waals surface area contributed by atoms with E-state index >= 15 is 0 Å². The Kier molecular flexibility index (Phi) is 7.84. The smallest absolute Gasteiger partial charge is 0.315 e. The molecule has 0 radical (unpaired) electrons. The summed E-state index contributed by atoms with van der Waals surface area (Å²) >= 11 is 6.08. The predicted octanol–water partition coefficient (Wildman–Crippen LogP) is 6.27. The second-order valence-electron chi connectivity index (χ2n) is 9.39. The number of methoxy groups -OCH3 is 2. The lowest BCUT2D eigenvalue weighted by Crippen LogP contribution is -2.39. The minimum Gasteiger partial charge on any atom is -0.493 e. The fraction of sp³-hybridized carbons (Fsp3) is 0.414. The van der Waals surface area contributed by atoms with Gasteiger partial charge in [-0.25, -0.2) is 0 Å². The van der Waals surface area contributed by atoms with Crippen molar-refractivity contribution in [2.75, 3.05) is 14.2 Å². The number of allylic oxidation sites excluding steroid dienone is 2. The molecule has 2 aliphatic rings. The van der Waals surface area contributed by atoms with E-state index in [2.05, 4.69) is 0 Å². The molecule has 0 saturated heterocycles. The molecule has 0 saturated carbocycles. The summed E-state index contributed by atoms with van der Waals surface area (Å²) < 4.78 is 17.0. The number of halogens is 1. The summed E-state index contributed by atoms with van der Waals surface area (Å²) in [5.74, 6) is -0.716. The standard InChI is InChI=1S/C29H32ClNO5/c1-6-16(2)36-29(33)25-17(3)31-22-14-19(18-10-12-20(30)13-11-18)15-23(32)27(22)26(25)21-8-7-9-24(34-4)28(21)35-5/h7-13,16,19,25-26H,6,14-15H2,1-5H3/t16-,19-,25?,26+/m1/s1. The molecular formula is C29H32ClNO5. The molecule has 2 aromatic rings. The van der Waals surface area contributed by atoms with E-state index in [-0.39, 0.29) is 23.8 Å². The van der Waals surface area contributed by atoms with Crippen LogP contribution in [0.15, 0.2) is 58.7 Å². The van der Waals surface area contributed by atoms with Gasteiger partial charge in [0.25, 0.3) is 0 Å². The second kappa shape index (κ2) is 10.9. The van der Waals surface area contributed by atoms with Crippen LogP contribution in [-0.4, -0.2) is 37.8 Å². The minimum atomic E-state index is -0.741. The van der Waals surface area contributed by atoms with Crippen molar-refractivity contribution in [3.63, 3.8) is 0 Å². The van der Waals surface area contributed by atoms with Gasteiger partial charge >= 0.3 is 5.97 Å². The van der Waals surface area contributed by atoms with Gasteiger partial charge in [0.2, 0.25) is 0 Å². The van der Waals surface area contributed by atoms with Crippen molar-refractivity contribution in [3.8, 4) is 11.5 Å². The van der Waals surface area contributed by atoms with E-state index in [9.17, 15) is 9.59 Å². The van der Waals surface area contributed by atoms with Crippen molar-refractivity contribution < 1.29 is 23.8 Å². The quantitative estimate of drug-likeness (QED) is 0.411. The van der Waals surface area contributed by atoms with Gasteiger partial charge in [0.15, 0.2) is 17.3 Å². The van der Waals surface area contributed by atoms with Crippen LogP contribution in [0.3, 0.4) is 0 Å². The van der Waals surface area contributed by atoms with Crippen LogP contribution >= 0.6 is 11.6 Å². The first-order valence-corrected chi connectivity index (χ1v) is 12.6. The third-order valence-corrected chi connectivity index (χ3v) is 7.40. The molecule has 7 heteroatoms. The van der Waals surface area contributed by atoms with Gasteiger partial charge in [0.1, 0.15) is 5.92 Å². The normalized spacial score (nSPS) is 22.4. The largest absolute Gasteiger partial charge is 0.493 e. The van der Waals surface area contributed by atoms with Crippen LogP contribution in [-0.2, 0) is 14.3 Å². The van der Waals surface area contributed by atoms with Crippen LogP contribution in [0, 0.1) is 5.92 Å². The molecule has 4 atom stereocenters. The van der Waals surface area contributed by atoms with Crippen LogP contribution in [0.2, 0.25) is 5.02 Å². The van der Waals surface area contributed by atoms with E-state index in [0.29, 0.717) is 58.3 Å². The van der Waals surface area contributed by atoms with Crippen LogP contribution in [0.1, 0.15) is 63.0 Å². The number of aliphatic imine (C=N–C) groups is 1. The van der Waals surface area contributed by atoms with Crippen LogP contribution < -0.4 is 9.47 Å². The van der Waals surface area contributed by atoms with E-state index in [4.69, 9.17) is 30.8 Å². The number of ether oxygens (including phenoxy) is 3. The number of para-hydroxylation sites is 1. The predicted molar refractivity (Wildman–Crippen MR) is 140 cm³/mol. The highest BCUT2D eigenvalue weighted by Crippen LogP contribution is 2.50. The van der Waals surface area contributed by atoms with E-state index in [1.54, 1.807) is 20.3 Å². The molecule has 0 aromatic heterocycles. The Morgan fingerprint density at radius 3 is 2.47 bits per heavy atom. The molecule has 0 bridgehead atoms. The number of nitrogens with zero attached hydrogens (tertiary/aromatic N) is 1. The topological polar surface area (TPSA) is 74.2 Å². The van der Waals surface area contributed by atoms with Gasteiger partial charge in [-0.15, -0.1) is 0 Å². The Morgan fingerprint density at radius 2 is 1.83 bits per heavy atom. The van der Waals surface area contributed by atoms with Gasteiger partial charge < -0.3 is 14.2 Å². The molecule has 1 heterocycles. The zero-order valence-corrected chi connectivity index (χ0v) is 22.1. The fourth-order valence-corrected chi connectivity index (χ4v) is 5.31. The maximum atomic E-state index is 13.8. The summed E-state index contributed by atoms with van der Waals surface area (Å²) in [7, 11) is 3.13. The van der Waals surface area contributed by atoms with E-state index in [1.807, 2.05) is 57.2 Å². The molecule has 6 nitrogen and oxygen atoms in total. The number of hydrogen-bond donors (Lipinski definition) is 0.